The van der Waals surface area contributed by atoms with E-state index in [9.17, 15) is 0 Å². The fraction of sp³-hybridized carbons (Fsp3) is 0.300. The molecule has 1 aromatic carbocycles. The summed E-state index contributed by atoms with van der Waals surface area (Å²) in [5.41, 5.74) is 2.01. The fourth-order valence-electron chi connectivity index (χ4n) is 1.54. The minimum absolute atomic E-state index is 0.729. The van der Waals surface area contributed by atoms with Gasteiger partial charge in [-0.15, -0.1) is 0 Å². The van der Waals surface area contributed by atoms with E-state index in [0.29, 0.717) is 0 Å². The predicted molar refractivity (Wildman–Crippen MR) is 55.1 cm³/mol. The fourth-order valence-corrected chi connectivity index (χ4v) is 1.76. The van der Waals surface area contributed by atoms with Gasteiger partial charge < -0.3 is 4.57 Å². The molecule has 1 heterocycles. The van der Waals surface area contributed by atoms with E-state index in [-0.39, 0.29) is 0 Å². The molecule has 0 fully saturated rings. The SMILES string of the molecule is CCc1nc2c(Cl)cccc2n1C. The van der Waals surface area contributed by atoms with E-state index in [1.165, 1.54) is 0 Å². The van der Waals surface area contributed by atoms with Gasteiger partial charge in [-0.05, 0) is 12.1 Å². The molecular formula is C10H11ClN2. The van der Waals surface area contributed by atoms with Crippen molar-refractivity contribution in [3.8, 4) is 0 Å². The summed E-state index contributed by atoms with van der Waals surface area (Å²) < 4.78 is 2.08. The first-order valence-corrected chi connectivity index (χ1v) is 4.71. The van der Waals surface area contributed by atoms with Crippen molar-refractivity contribution in [3.63, 3.8) is 0 Å². The van der Waals surface area contributed by atoms with E-state index in [1.807, 2.05) is 25.2 Å². The number of nitrogens with zero attached hydrogens (tertiary/aromatic N) is 2. The molecule has 2 rings (SSSR count). The third kappa shape index (κ3) is 1.22. The molecule has 0 aliphatic rings. The number of rotatable bonds is 1. The molecule has 0 spiro atoms. The third-order valence-corrected chi connectivity index (χ3v) is 2.58. The molecule has 0 radical (unpaired) electrons. The highest BCUT2D eigenvalue weighted by molar-refractivity contribution is 6.34. The molecule has 68 valence electrons. The molecule has 0 unspecified atom stereocenters. The summed E-state index contributed by atoms with van der Waals surface area (Å²) in [6, 6.07) is 5.86. The first-order valence-electron chi connectivity index (χ1n) is 4.34. The second-order valence-corrected chi connectivity index (χ2v) is 3.46. The Morgan fingerprint density at radius 2 is 2.23 bits per heavy atom. The van der Waals surface area contributed by atoms with Gasteiger partial charge in [-0.2, -0.15) is 0 Å². The van der Waals surface area contributed by atoms with Crippen LogP contribution in [0.2, 0.25) is 5.02 Å². The molecule has 0 saturated heterocycles. The number of benzene rings is 1. The summed E-state index contributed by atoms with van der Waals surface area (Å²) in [5, 5.41) is 0.729. The van der Waals surface area contributed by atoms with Gasteiger partial charge in [-0.3, -0.25) is 0 Å². The van der Waals surface area contributed by atoms with E-state index < -0.39 is 0 Å². The molecule has 0 atom stereocenters. The Morgan fingerprint density at radius 3 is 2.85 bits per heavy atom. The first-order chi connectivity index (χ1) is 6.24. The molecule has 0 bridgehead atoms. The maximum atomic E-state index is 6.02. The molecule has 2 nitrogen and oxygen atoms in total. The second kappa shape index (κ2) is 3.04. The number of para-hydroxylation sites is 1. The maximum Gasteiger partial charge on any atom is 0.109 e. The average molecular weight is 195 g/mol. The predicted octanol–water partition coefficient (Wildman–Crippen LogP) is 2.79. The molecule has 0 aliphatic carbocycles. The van der Waals surface area contributed by atoms with Crippen LogP contribution >= 0.6 is 11.6 Å². The van der Waals surface area contributed by atoms with Crippen LogP contribution in [0.4, 0.5) is 0 Å². The van der Waals surface area contributed by atoms with Crippen LogP contribution in [-0.4, -0.2) is 9.55 Å². The zero-order valence-electron chi connectivity index (χ0n) is 7.71. The van der Waals surface area contributed by atoms with Gasteiger partial charge in [0, 0.05) is 13.5 Å². The van der Waals surface area contributed by atoms with Crippen LogP contribution in [-0.2, 0) is 13.5 Å². The van der Waals surface area contributed by atoms with Crippen LogP contribution in [0.25, 0.3) is 11.0 Å². The summed E-state index contributed by atoms with van der Waals surface area (Å²) in [6.07, 6.45) is 0.932. The quantitative estimate of drug-likeness (QED) is 0.683. The number of imidazole rings is 1. The number of fused-ring (bicyclic) bond motifs is 1. The lowest BCUT2D eigenvalue weighted by Gasteiger charge is -1.97. The summed E-state index contributed by atoms with van der Waals surface area (Å²) in [5.74, 6) is 1.07. The highest BCUT2D eigenvalue weighted by Gasteiger charge is 2.07. The monoisotopic (exact) mass is 194 g/mol. The number of hydrogen-bond acceptors (Lipinski definition) is 1. The van der Waals surface area contributed by atoms with Gasteiger partial charge in [-0.1, -0.05) is 24.6 Å². The number of aryl methyl sites for hydroxylation is 2. The topological polar surface area (TPSA) is 17.8 Å². The van der Waals surface area contributed by atoms with Crippen molar-refractivity contribution in [2.24, 2.45) is 7.05 Å². The highest BCUT2D eigenvalue weighted by atomic mass is 35.5. The lowest BCUT2D eigenvalue weighted by molar-refractivity contribution is 0.829. The van der Waals surface area contributed by atoms with Crippen LogP contribution in [0.3, 0.4) is 0 Å². The van der Waals surface area contributed by atoms with E-state index in [2.05, 4.69) is 16.5 Å². The van der Waals surface area contributed by atoms with E-state index in [1.54, 1.807) is 0 Å². The Balaban J connectivity index is 2.83. The normalized spacial score (nSPS) is 11.0. The summed E-state index contributed by atoms with van der Waals surface area (Å²) in [7, 11) is 2.02. The molecule has 0 N–H and O–H groups in total. The zero-order valence-corrected chi connectivity index (χ0v) is 8.47. The summed E-state index contributed by atoms with van der Waals surface area (Å²) >= 11 is 6.02. The standard InChI is InChI=1S/C10H11ClN2/c1-3-9-12-10-7(11)5-4-6-8(10)13(9)2/h4-6H,3H2,1-2H3. The Kier molecular flexibility index (Phi) is 2.00. The third-order valence-electron chi connectivity index (χ3n) is 2.27. The van der Waals surface area contributed by atoms with Crippen LogP contribution in [0, 0.1) is 0 Å². The van der Waals surface area contributed by atoms with Crippen molar-refractivity contribution in [3.05, 3.63) is 29.0 Å². The zero-order chi connectivity index (χ0) is 9.42. The Hall–Kier alpha value is -1.02. The molecule has 0 aliphatic heterocycles. The van der Waals surface area contributed by atoms with Crippen LogP contribution in [0.1, 0.15) is 12.7 Å². The highest BCUT2D eigenvalue weighted by Crippen LogP contribution is 2.22. The lowest BCUT2D eigenvalue weighted by Crippen LogP contribution is -1.94. The van der Waals surface area contributed by atoms with Gasteiger partial charge in [0.15, 0.2) is 0 Å². The molecule has 2 aromatic rings. The van der Waals surface area contributed by atoms with E-state index >= 15 is 0 Å². The summed E-state index contributed by atoms with van der Waals surface area (Å²) in [6.45, 7) is 2.09. The van der Waals surface area contributed by atoms with Gasteiger partial charge in [-0.25, -0.2) is 4.98 Å². The maximum absolute atomic E-state index is 6.02. The largest absolute Gasteiger partial charge is 0.331 e. The van der Waals surface area contributed by atoms with Crippen molar-refractivity contribution in [1.29, 1.82) is 0 Å². The molecule has 3 heteroatoms. The van der Waals surface area contributed by atoms with Gasteiger partial charge in [0.1, 0.15) is 11.3 Å². The average Bonchev–Trinajstić information content (AvgIpc) is 2.45. The summed E-state index contributed by atoms with van der Waals surface area (Å²) in [4.78, 5) is 4.46. The van der Waals surface area contributed by atoms with E-state index in [4.69, 9.17) is 11.6 Å². The van der Waals surface area contributed by atoms with Gasteiger partial charge in [0.05, 0.1) is 10.5 Å². The van der Waals surface area contributed by atoms with Gasteiger partial charge in [0.25, 0.3) is 0 Å². The smallest absolute Gasteiger partial charge is 0.109 e. The molecule has 13 heavy (non-hydrogen) atoms. The van der Waals surface area contributed by atoms with Crippen LogP contribution in [0.15, 0.2) is 18.2 Å². The van der Waals surface area contributed by atoms with Gasteiger partial charge in [0.2, 0.25) is 0 Å². The number of hydrogen-bond donors (Lipinski definition) is 0. The number of halogens is 1. The minimum Gasteiger partial charge on any atom is -0.331 e. The van der Waals surface area contributed by atoms with Crippen molar-refractivity contribution >= 4 is 22.6 Å². The molecule has 1 aromatic heterocycles. The van der Waals surface area contributed by atoms with Crippen LogP contribution < -0.4 is 0 Å². The van der Waals surface area contributed by atoms with E-state index in [0.717, 1.165) is 28.3 Å². The second-order valence-electron chi connectivity index (χ2n) is 3.05. The Labute approximate surface area is 82.1 Å². The van der Waals surface area contributed by atoms with Crippen molar-refractivity contribution in [2.75, 3.05) is 0 Å². The minimum atomic E-state index is 0.729. The molecule has 0 amide bonds. The molecule has 0 saturated carbocycles. The lowest BCUT2D eigenvalue weighted by atomic mass is 10.3. The van der Waals surface area contributed by atoms with Crippen molar-refractivity contribution < 1.29 is 0 Å². The number of aromatic nitrogens is 2. The molecular weight excluding hydrogens is 184 g/mol. The Bertz CT molecular complexity index is 445. The van der Waals surface area contributed by atoms with Crippen molar-refractivity contribution in [2.45, 2.75) is 13.3 Å². The van der Waals surface area contributed by atoms with Crippen molar-refractivity contribution in [1.82, 2.24) is 9.55 Å². The van der Waals surface area contributed by atoms with Gasteiger partial charge >= 0.3 is 0 Å². The van der Waals surface area contributed by atoms with Crippen LogP contribution in [0.5, 0.6) is 0 Å². The first kappa shape index (κ1) is 8.57. The Morgan fingerprint density at radius 1 is 1.46 bits per heavy atom.